The number of carboxylic acid groups (broad SMARTS) is 1. The van der Waals surface area contributed by atoms with Gasteiger partial charge in [-0.1, -0.05) is 36.0 Å². The average molecular weight is 499 g/mol. The van der Waals surface area contributed by atoms with Crippen LogP contribution in [0.5, 0.6) is 0 Å². The molecule has 0 saturated carbocycles. The number of hydrogen-bond donors (Lipinski definition) is 2. The van der Waals surface area contributed by atoms with Crippen LogP contribution in [0.3, 0.4) is 0 Å². The topological polar surface area (TPSA) is 105 Å². The van der Waals surface area contributed by atoms with E-state index in [1.807, 2.05) is 53.9 Å². The Bertz CT molecular complexity index is 1240. The molecule has 2 N–H and O–H groups in total. The summed E-state index contributed by atoms with van der Waals surface area (Å²) in [7, 11) is 0. The Morgan fingerprint density at radius 3 is 2.73 bits per heavy atom. The minimum Gasteiger partial charge on any atom is -0.477 e. The maximum Gasteiger partial charge on any atom is 0.353 e. The maximum atomic E-state index is 12.9. The van der Waals surface area contributed by atoms with Crippen LogP contribution in [-0.2, 0) is 20.8 Å². The van der Waals surface area contributed by atoms with E-state index in [9.17, 15) is 19.5 Å². The van der Waals surface area contributed by atoms with Gasteiger partial charge in [0.2, 0.25) is 5.91 Å². The van der Waals surface area contributed by atoms with Crippen molar-refractivity contribution in [3.05, 3.63) is 75.6 Å². The number of aliphatic carboxylic acids is 1. The zero-order valence-electron chi connectivity index (χ0n) is 17.1. The predicted molar refractivity (Wildman–Crippen MR) is 127 cm³/mol. The largest absolute Gasteiger partial charge is 0.477 e. The first-order valence-corrected chi connectivity index (χ1v) is 12.8. The van der Waals surface area contributed by atoms with Gasteiger partial charge >= 0.3 is 5.97 Å². The first kappa shape index (κ1) is 21.8. The van der Waals surface area contributed by atoms with Crippen molar-refractivity contribution in [2.75, 3.05) is 5.75 Å². The Morgan fingerprint density at radius 2 is 2.00 bits per heavy atom. The van der Waals surface area contributed by atoms with E-state index in [0.717, 1.165) is 15.6 Å². The predicted octanol–water partition coefficient (Wildman–Crippen LogP) is 2.96. The van der Waals surface area contributed by atoms with Gasteiger partial charge in [0.1, 0.15) is 22.1 Å². The number of carboxylic acids is 1. The van der Waals surface area contributed by atoms with Crippen molar-refractivity contribution in [1.82, 2.24) is 20.0 Å². The number of benzene rings is 1. The Kier molecular flexibility index (Phi) is 6.00. The van der Waals surface area contributed by atoms with Crippen LogP contribution in [0.4, 0.5) is 0 Å². The van der Waals surface area contributed by atoms with Crippen molar-refractivity contribution in [2.45, 2.75) is 22.9 Å². The summed E-state index contributed by atoms with van der Waals surface area (Å²) < 4.78 is 1.74. The van der Waals surface area contributed by atoms with Crippen LogP contribution in [0.2, 0.25) is 0 Å². The number of para-hydroxylation sites is 1. The summed E-state index contributed by atoms with van der Waals surface area (Å²) in [5, 5.41) is 19.3. The molecule has 4 heterocycles. The molecule has 2 aliphatic heterocycles. The zero-order valence-corrected chi connectivity index (χ0v) is 19.5. The smallest absolute Gasteiger partial charge is 0.353 e. The number of carbonyl (C=O) groups is 3. The molecule has 33 heavy (non-hydrogen) atoms. The molecule has 11 heteroatoms. The third kappa shape index (κ3) is 4.19. The Balaban J connectivity index is 1.35. The molecule has 5 rings (SSSR count). The van der Waals surface area contributed by atoms with Crippen molar-refractivity contribution < 1.29 is 19.5 Å². The van der Waals surface area contributed by atoms with Crippen LogP contribution in [0.15, 0.2) is 75.7 Å². The van der Waals surface area contributed by atoms with Gasteiger partial charge in [-0.15, -0.1) is 23.1 Å². The third-order valence-corrected chi connectivity index (χ3v) is 8.65. The van der Waals surface area contributed by atoms with E-state index >= 15 is 0 Å². The molecule has 2 aromatic heterocycles. The highest BCUT2D eigenvalue weighted by molar-refractivity contribution is 8.06. The van der Waals surface area contributed by atoms with Crippen LogP contribution < -0.4 is 5.32 Å². The van der Waals surface area contributed by atoms with E-state index in [-0.39, 0.29) is 18.0 Å². The molecular weight excluding hydrogens is 480 g/mol. The van der Waals surface area contributed by atoms with Gasteiger partial charge < -0.3 is 10.4 Å². The lowest BCUT2D eigenvalue weighted by atomic mass is 10.0. The van der Waals surface area contributed by atoms with Gasteiger partial charge in [0.15, 0.2) is 0 Å². The summed E-state index contributed by atoms with van der Waals surface area (Å²) >= 11 is 4.21. The fraction of sp³-hybridized carbons (Fsp3) is 0.182. The molecule has 1 saturated heterocycles. The van der Waals surface area contributed by atoms with Gasteiger partial charge in [-0.3, -0.25) is 14.5 Å². The van der Waals surface area contributed by atoms with Crippen molar-refractivity contribution >= 4 is 52.6 Å². The minimum absolute atomic E-state index is 0.0293. The standard InChI is InChI=1S/C22H18N4O4S3/c27-16(11-14-7-4-10-31-14)24-18-20(28)25-19(22(29)30)15(12-32-21(18)25)33-17-8-9-23-26(17)13-5-2-1-3-6-13/h1-10,18,21H,11-12H2,(H,24,27)(H,29,30)/t18-,21+/m1/s1. The number of hydrogen-bond acceptors (Lipinski definition) is 7. The quantitative estimate of drug-likeness (QED) is 0.483. The van der Waals surface area contributed by atoms with E-state index in [1.54, 1.807) is 10.9 Å². The lowest BCUT2D eigenvalue weighted by molar-refractivity contribution is -0.150. The minimum atomic E-state index is -1.16. The normalized spacial score (nSPS) is 19.8. The average Bonchev–Trinajstić information content (AvgIpc) is 3.49. The summed E-state index contributed by atoms with van der Waals surface area (Å²) in [5.74, 6) is -1.40. The van der Waals surface area contributed by atoms with Gasteiger partial charge in [-0.2, -0.15) is 5.10 Å². The molecule has 8 nitrogen and oxygen atoms in total. The summed E-state index contributed by atoms with van der Waals surface area (Å²) in [6, 6.07) is 14.4. The molecule has 0 aliphatic carbocycles. The van der Waals surface area contributed by atoms with E-state index in [2.05, 4.69) is 10.4 Å². The SMILES string of the molecule is O=C(Cc1cccs1)N[C@@H]1C(=O)N2C(C(=O)O)=C(Sc3ccnn3-c3ccccc3)CS[C@@H]12. The second kappa shape index (κ2) is 9.08. The molecule has 1 aromatic carbocycles. The zero-order chi connectivity index (χ0) is 22.9. The molecular formula is C22H18N4O4S3. The lowest BCUT2D eigenvalue weighted by Gasteiger charge is -2.49. The molecule has 0 unspecified atom stereocenters. The van der Waals surface area contributed by atoms with Crippen LogP contribution in [0, 0.1) is 0 Å². The summed E-state index contributed by atoms with van der Waals surface area (Å²) in [4.78, 5) is 40.1. The van der Waals surface area contributed by atoms with Crippen molar-refractivity contribution in [1.29, 1.82) is 0 Å². The molecule has 0 bridgehead atoms. The molecule has 2 atom stereocenters. The molecule has 1 fully saturated rings. The number of nitrogens with zero attached hydrogens (tertiary/aromatic N) is 3. The Hall–Kier alpha value is -3.02. The number of β-lactam (4-membered cyclic amide) rings is 1. The number of thioether (sulfide) groups is 2. The van der Waals surface area contributed by atoms with E-state index in [4.69, 9.17) is 0 Å². The Labute approximate surface area is 201 Å². The second-order valence-electron chi connectivity index (χ2n) is 7.31. The van der Waals surface area contributed by atoms with E-state index in [0.29, 0.717) is 10.7 Å². The monoisotopic (exact) mass is 498 g/mol. The van der Waals surface area contributed by atoms with Crippen molar-refractivity contribution in [2.24, 2.45) is 0 Å². The number of aromatic nitrogens is 2. The first-order valence-electron chi connectivity index (χ1n) is 10.0. The number of fused-ring (bicyclic) bond motifs is 1. The number of rotatable bonds is 7. The van der Waals surface area contributed by atoms with Crippen LogP contribution in [-0.4, -0.2) is 54.7 Å². The molecule has 2 aliphatic rings. The molecule has 2 amide bonds. The highest BCUT2D eigenvalue weighted by Gasteiger charge is 2.54. The summed E-state index contributed by atoms with van der Waals surface area (Å²) in [6.45, 7) is 0. The fourth-order valence-electron chi connectivity index (χ4n) is 3.72. The summed E-state index contributed by atoms with van der Waals surface area (Å²) in [5.41, 5.74) is 0.829. The highest BCUT2D eigenvalue weighted by Crippen LogP contribution is 2.45. The maximum absolute atomic E-state index is 12.9. The fourth-order valence-corrected chi connectivity index (χ4v) is 6.96. The summed E-state index contributed by atoms with van der Waals surface area (Å²) in [6.07, 6.45) is 1.86. The number of carbonyl (C=O) groups excluding carboxylic acids is 2. The van der Waals surface area contributed by atoms with Gasteiger partial charge in [0, 0.05) is 15.5 Å². The van der Waals surface area contributed by atoms with Crippen LogP contribution >= 0.6 is 34.9 Å². The van der Waals surface area contributed by atoms with Crippen molar-refractivity contribution in [3.8, 4) is 5.69 Å². The van der Waals surface area contributed by atoms with Gasteiger partial charge in [0.05, 0.1) is 18.3 Å². The van der Waals surface area contributed by atoms with Gasteiger partial charge in [-0.25, -0.2) is 9.48 Å². The van der Waals surface area contributed by atoms with E-state index in [1.165, 1.54) is 39.8 Å². The first-order chi connectivity index (χ1) is 16.0. The molecule has 0 spiro atoms. The second-order valence-corrected chi connectivity index (χ2v) is 10.6. The number of thiophene rings is 1. The third-order valence-electron chi connectivity index (χ3n) is 5.20. The van der Waals surface area contributed by atoms with Crippen LogP contribution in [0.25, 0.3) is 5.69 Å². The van der Waals surface area contributed by atoms with E-state index < -0.39 is 23.3 Å². The van der Waals surface area contributed by atoms with Crippen LogP contribution in [0.1, 0.15) is 4.88 Å². The highest BCUT2D eigenvalue weighted by atomic mass is 32.2. The number of amides is 2. The lowest BCUT2D eigenvalue weighted by Crippen LogP contribution is -2.70. The molecule has 0 radical (unpaired) electrons. The number of nitrogens with one attached hydrogen (secondary N) is 1. The van der Waals surface area contributed by atoms with Crippen molar-refractivity contribution in [3.63, 3.8) is 0 Å². The molecule has 168 valence electrons. The van der Waals surface area contributed by atoms with Gasteiger partial charge in [-0.05, 0) is 29.6 Å². The van der Waals surface area contributed by atoms with Gasteiger partial charge in [0.25, 0.3) is 5.91 Å². The molecule has 3 aromatic rings. The Morgan fingerprint density at radius 1 is 1.18 bits per heavy atom.